The van der Waals surface area contributed by atoms with E-state index in [-0.39, 0.29) is 18.0 Å². The Morgan fingerprint density at radius 1 is 1.03 bits per heavy atom. The van der Waals surface area contributed by atoms with Gasteiger partial charge in [-0.15, -0.1) is 0 Å². The van der Waals surface area contributed by atoms with E-state index in [0.29, 0.717) is 27.8 Å². The molecule has 3 aromatic rings. The number of amidine groups is 1. The summed E-state index contributed by atoms with van der Waals surface area (Å²) in [4.78, 5) is 28.2. The summed E-state index contributed by atoms with van der Waals surface area (Å²) in [5.74, 6) is 4.14. The molecular weight excluding hydrogens is 384 g/mol. The van der Waals surface area contributed by atoms with Gasteiger partial charge < -0.3 is 21.6 Å². The fourth-order valence-electron chi connectivity index (χ4n) is 2.95. The number of fused-ring (bicyclic) bond motifs is 1. The summed E-state index contributed by atoms with van der Waals surface area (Å²) in [7, 11) is 0. The van der Waals surface area contributed by atoms with Gasteiger partial charge in [0.15, 0.2) is 0 Å². The first-order valence-corrected chi connectivity index (χ1v) is 8.88. The number of carbonyl (C=O) groups is 2. The Morgan fingerprint density at radius 2 is 1.73 bits per heavy atom. The van der Waals surface area contributed by atoms with E-state index >= 15 is 0 Å². The minimum Gasteiger partial charge on any atom is -0.423 e. The minimum atomic E-state index is -0.590. The van der Waals surface area contributed by atoms with E-state index in [2.05, 4.69) is 10.4 Å². The smallest absolute Gasteiger partial charge is 0.343 e. The van der Waals surface area contributed by atoms with Gasteiger partial charge >= 0.3 is 5.97 Å². The average Bonchev–Trinajstić information content (AvgIpc) is 2.73. The Labute approximate surface area is 172 Å². The highest BCUT2D eigenvalue weighted by atomic mass is 16.5. The van der Waals surface area contributed by atoms with E-state index in [4.69, 9.17) is 27.5 Å². The topological polar surface area (TPSA) is 170 Å². The summed E-state index contributed by atoms with van der Waals surface area (Å²) in [6, 6.07) is 14.8. The Morgan fingerprint density at radius 3 is 2.37 bits per heavy atom. The summed E-state index contributed by atoms with van der Waals surface area (Å²) in [5.41, 5.74) is 15.2. The van der Waals surface area contributed by atoms with Crippen LogP contribution in [0.2, 0.25) is 0 Å². The minimum absolute atomic E-state index is 0.0705. The first-order valence-electron chi connectivity index (χ1n) is 8.88. The van der Waals surface area contributed by atoms with Gasteiger partial charge in [0.1, 0.15) is 17.9 Å². The molecule has 9 nitrogen and oxygen atoms in total. The molecule has 0 heterocycles. The highest BCUT2D eigenvalue weighted by Crippen LogP contribution is 2.30. The number of aliphatic imine (C=N–C) groups is 1. The second-order valence-corrected chi connectivity index (χ2v) is 6.40. The maximum Gasteiger partial charge on any atom is 0.343 e. The first kappa shape index (κ1) is 20.5. The summed E-state index contributed by atoms with van der Waals surface area (Å²) in [6.45, 7) is 0. The second-order valence-electron chi connectivity index (χ2n) is 6.40. The number of benzene rings is 3. The van der Waals surface area contributed by atoms with Crippen LogP contribution in [0.4, 0.5) is 5.69 Å². The molecule has 0 aliphatic carbocycles. The van der Waals surface area contributed by atoms with E-state index in [1.165, 1.54) is 6.34 Å². The molecule has 152 valence electrons. The van der Waals surface area contributed by atoms with Gasteiger partial charge in [0.05, 0.1) is 17.7 Å². The lowest BCUT2D eigenvalue weighted by Crippen LogP contribution is -2.18. The molecule has 9 heteroatoms. The van der Waals surface area contributed by atoms with E-state index in [1.54, 1.807) is 54.6 Å². The van der Waals surface area contributed by atoms with Crippen LogP contribution >= 0.6 is 0 Å². The lowest BCUT2D eigenvalue weighted by molar-refractivity contribution is -0.117. The Balaban J connectivity index is 1.95. The van der Waals surface area contributed by atoms with Crippen molar-refractivity contribution in [1.29, 1.82) is 5.41 Å². The Bertz CT molecular complexity index is 1160. The van der Waals surface area contributed by atoms with Gasteiger partial charge in [-0.3, -0.25) is 10.2 Å². The van der Waals surface area contributed by atoms with Crippen molar-refractivity contribution in [3.05, 3.63) is 71.3 Å². The van der Waals surface area contributed by atoms with Crippen molar-refractivity contribution in [3.63, 3.8) is 0 Å². The van der Waals surface area contributed by atoms with Crippen LogP contribution < -0.4 is 27.5 Å². The van der Waals surface area contributed by atoms with Crippen molar-refractivity contribution in [2.75, 3.05) is 0 Å². The van der Waals surface area contributed by atoms with Crippen molar-refractivity contribution < 1.29 is 14.3 Å². The predicted octanol–water partition coefficient (Wildman–Crippen LogP) is 1.49. The van der Waals surface area contributed by atoms with E-state index < -0.39 is 11.9 Å². The van der Waals surface area contributed by atoms with Crippen LogP contribution in [0.1, 0.15) is 21.5 Å². The molecular formula is C21H20N6O3. The number of hydrazine groups is 1. The Kier molecular flexibility index (Phi) is 6.04. The molecule has 0 aliphatic heterocycles. The van der Waals surface area contributed by atoms with Crippen LogP contribution in [-0.4, -0.2) is 24.1 Å². The number of hydrogen-bond acceptors (Lipinski definition) is 6. The molecule has 0 atom stereocenters. The van der Waals surface area contributed by atoms with Crippen molar-refractivity contribution in [2.45, 2.75) is 6.42 Å². The van der Waals surface area contributed by atoms with Crippen LogP contribution in [0.25, 0.3) is 10.8 Å². The zero-order chi connectivity index (χ0) is 21.7. The van der Waals surface area contributed by atoms with Crippen LogP contribution in [0.15, 0.2) is 59.6 Å². The molecule has 3 aromatic carbocycles. The zero-order valence-electron chi connectivity index (χ0n) is 15.9. The van der Waals surface area contributed by atoms with Gasteiger partial charge in [-0.2, -0.15) is 0 Å². The number of amides is 1. The number of esters is 1. The van der Waals surface area contributed by atoms with Gasteiger partial charge in [0.25, 0.3) is 0 Å². The van der Waals surface area contributed by atoms with Crippen LogP contribution in [-0.2, 0) is 11.2 Å². The van der Waals surface area contributed by atoms with Gasteiger partial charge in [0, 0.05) is 11.1 Å². The molecule has 0 saturated carbocycles. The summed E-state index contributed by atoms with van der Waals surface area (Å²) < 4.78 is 5.55. The number of nitrogen functional groups attached to an aromatic ring is 1. The molecule has 0 unspecified atom stereocenters. The summed E-state index contributed by atoms with van der Waals surface area (Å²) in [6.07, 6.45) is 1.20. The molecule has 30 heavy (non-hydrogen) atoms. The third-order valence-electron chi connectivity index (χ3n) is 4.34. The highest BCUT2D eigenvalue weighted by molar-refractivity contribution is 6.01. The van der Waals surface area contributed by atoms with Crippen LogP contribution in [0.3, 0.4) is 0 Å². The predicted molar refractivity (Wildman–Crippen MR) is 115 cm³/mol. The third kappa shape index (κ3) is 4.59. The van der Waals surface area contributed by atoms with Gasteiger partial charge in [-0.25, -0.2) is 15.6 Å². The molecule has 8 N–H and O–H groups in total. The summed E-state index contributed by atoms with van der Waals surface area (Å²) >= 11 is 0. The third-order valence-corrected chi connectivity index (χ3v) is 4.34. The van der Waals surface area contributed by atoms with Crippen LogP contribution in [0, 0.1) is 5.41 Å². The number of rotatable bonds is 7. The number of nitrogens with zero attached hydrogens (tertiary/aromatic N) is 1. The fourth-order valence-corrected chi connectivity index (χ4v) is 2.95. The quantitative estimate of drug-likeness (QED) is 0.0997. The fraction of sp³-hybridized carbons (Fsp3) is 0.0476. The molecule has 0 fully saturated rings. The van der Waals surface area contributed by atoms with Crippen molar-refractivity contribution >= 4 is 40.5 Å². The van der Waals surface area contributed by atoms with E-state index in [1.807, 2.05) is 0 Å². The average molecular weight is 404 g/mol. The SMILES string of the molecule is N=C(N)c1ccc2c(CC(N)=O)c(OC(=O)c3ccc(N=CNN)cc3)ccc2c1. The van der Waals surface area contributed by atoms with Crippen molar-refractivity contribution in [2.24, 2.45) is 22.3 Å². The highest BCUT2D eigenvalue weighted by Gasteiger charge is 2.16. The van der Waals surface area contributed by atoms with E-state index in [9.17, 15) is 9.59 Å². The normalized spacial score (nSPS) is 10.8. The van der Waals surface area contributed by atoms with E-state index in [0.717, 1.165) is 5.39 Å². The number of primary amides is 1. The number of ether oxygens (including phenoxy) is 1. The molecule has 0 spiro atoms. The maximum absolute atomic E-state index is 12.6. The van der Waals surface area contributed by atoms with Gasteiger partial charge in [-0.05, 0) is 47.2 Å². The van der Waals surface area contributed by atoms with Crippen molar-refractivity contribution in [3.8, 4) is 5.75 Å². The monoisotopic (exact) mass is 404 g/mol. The van der Waals surface area contributed by atoms with Gasteiger partial charge in [0.2, 0.25) is 5.91 Å². The molecule has 1 amide bonds. The lowest BCUT2D eigenvalue weighted by Gasteiger charge is -2.13. The molecule has 0 radical (unpaired) electrons. The number of carbonyl (C=O) groups excluding carboxylic acids is 2. The first-order chi connectivity index (χ1) is 14.4. The lowest BCUT2D eigenvalue weighted by atomic mass is 9.98. The molecule has 0 aliphatic rings. The maximum atomic E-state index is 12.6. The van der Waals surface area contributed by atoms with Crippen LogP contribution in [0.5, 0.6) is 5.75 Å². The van der Waals surface area contributed by atoms with Gasteiger partial charge in [-0.1, -0.05) is 18.2 Å². The van der Waals surface area contributed by atoms with Crippen molar-refractivity contribution in [1.82, 2.24) is 5.43 Å². The second kappa shape index (κ2) is 8.84. The number of nitrogens with one attached hydrogen (secondary N) is 2. The number of hydrogen-bond donors (Lipinski definition) is 5. The standard InChI is InChI=1S/C21H20N6O3/c22-19(28)10-17-16-7-3-14(20(23)24)9-13(16)4-8-18(17)30-21(29)12-1-5-15(6-2-12)26-11-27-25/h1-9,11H,10,25H2,(H2,22,28)(H3,23,24)(H,26,27). The molecule has 0 aromatic heterocycles. The molecule has 0 bridgehead atoms. The number of nitrogens with two attached hydrogens (primary N) is 3. The Hall–Kier alpha value is -4.24. The molecule has 0 saturated heterocycles. The largest absolute Gasteiger partial charge is 0.423 e. The molecule has 3 rings (SSSR count). The zero-order valence-corrected chi connectivity index (χ0v) is 15.9. The summed E-state index contributed by atoms with van der Waals surface area (Å²) in [5, 5.41) is 9.00.